The molecule has 0 amide bonds. The van der Waals surface area contributed by atoms with Crippen molar-refractivity contribution in [3.63, 3.8) is 0 Å². The van der Waals surface area contributed by atoms with Gasteiger partial charge in [-0.25, -0.2) is 0 Å². The van der Waals surface area contributed by atoms with Crippen LogP contribution in [0.2, 0.25) is 5.02 Å². The second-order valence-corrected chi connectivity index (χ2v) is 3.82. The molecule has 9 heteroatoms. The highest BCUT2D eigenvalue weighted by Gasteiger charge is 2.33. The fourth-order valence-electron chi connectivity index (χ4n) is 1.35. The minimum absolute atomic E-state index is 0. The number of benzene rings is 1. The summed E-state index contributed by atoms with van der Waals surface area (Å²) in [6, 6.07) is 1.84. The predicted molar refractivity (Wildman–Crippen MR) is 63.0 cm³/mol. The zero-order valence-electron chi connectivity index (χ0n) is 8.78. The van der Waals surface area contributed by atoms with Crippen LogP contribution in [0.15, 0.2) is 18.2 Å². The highest BCUT2D eigenvalue weighted by Crippen LogP contribution is 2.33. The van der Waals surface area contributed by atoms with Crippen molar-refractivity contribution in [1.82, 2.24) is 0 Å². The molecule has 1 aromatic carbocycles. The van der Waals surface area contributed by atoms with E-state index in [-0.39, 0.29) is 23.0 Å². The zero-order valence-corrected chi connectivity index (χ0v) is 10.4. The van der Waals surface area contributed by atoms with Gasteiger partial charge in [0.15, 0.2) is 0 Å². The van der Waals surface area contributed by atoms with Gasteiger partial charge in [0.2, 0.25) is 0 Å². The summed E-state index contributed by atoms with van der Waals surface area (Å²) in [5, 5.41) is 10.7. The van der Waals surface area contributed by atoms with Gasteiger partial charge in [0, 0.05) is 22.7 Å². The van der Waals surface area contributed by atoms with Crippen LogP contribution in [0.4, 0.5) is 18.9 Å². The summed E-state index contributed by atoms with van der Waals surface area (Å²) in [7, 11) is 0. The number of nitrogens with two attached hydrogens (primary N) is 1. The largest absolute Gasteiger partial charge is 0.390 e. The van der Waals surface area contributed by atoms with Gasteiger partial charge in [0.1, 0.15) is 0 Å². The molecule has 0 aromatic heterocycles. The van der Waals surface area contributed by atoms with Gasteiger partial charge in [-0.05, 0) is 12.1 Å². The number of hydrogen-bond acceptors (Lipinski definition) is 3. The predicted octanol–water partition coefficient (Wildman–Crippen LogP) is 3.62. The number of hydrogen-bond donors (Lipinski definition) is 1. The van der Waals surface area contributed by atoms with Crippen LogP contribution >= 0.6 is 24.0 Å². The highest BCUT2D eigenvalue weighted by molar-refractivity contribution is 6.30. The minimum Gasteiger partial charge on any atom is -0.323 e. The number of nitro groups is 1. The topological polar surface area (TPSA) is 69.2 Å². The third kappa shape index (κ3) is 4.67. The standard InChI is InChI=1S/C9H8ClF3N2O2.ClH/c10-5-1-2-8(15(16)17)6(3-5)7(14)4-9(11,12)13;/h1-3,7H,4,14H2;1H/t7-;/m1./s1. The third-order valence-electron chi connectivity index (χ3n) is 2.04. The molecule has 0 aliphatic heterocycles. The van der Waals surface area contributed by atoms with Crippen LogP contribution in [-0.4, -0.2) is 11.1 Å². The molecule has 2 N–H and O–H groups in total. The van der Waals surface area contributed by atoms with Crippen molar-refractivity contribution >= 4 is 29.7 Å². The second kappa shape index (κ2) is 6.21. The van der Waals surface area contributed by atoms with Crippen LogP contribution in [0.5, 0.6) is 0 Å². The van der Waals surface area contributed by atoms with Crippen LogP contribution in [0, 0.1) is 10.1 Å². The highest BCUT2D eigenvalue weighted by atomic mass is 35.5. The first kappa shape index (κ1) is 16.9. The van der Waals surface area contributed by atoms with Crippen molar-refractivity contribution in [2.45, 2.75) is 18.6 Å². The van der Waals surface area contributed by atoms with E-state index in [2.05, 4.69) is 0 Å². The number of nitrogens with zero attached hydrogens (tertiary/aromatic N) is 1. The summed E-state index contributed by atoms with van der Waals surface area (Å²) in [5.74, 6) is 0. The summed E-state index contributed by atoms with van der Waals surface area (Å²) in [4.78, 5) is 9.84. The Kier molecular flexibility index (Phi) is 5.85. The molecule has 1 atom stereocenters. The van der Waals surface area contributed by atoms with E-state index in [9.17, 15) is 23.3 Å². The molecule has 0 radical (unpaired) electrons. The van der Waals surface area contributed by atoms with E-state index >= 15 is 0 Å². The van der Waals surface area contributed by atoms with Crippen LogP contribution in [0.3, 0.4) is 0 Å². The average Bonchev–Trinajstić information content (AvgIpc) is 2.14. The zero-order chi connectivity index (χ0) is 13.2. The molecule has 4 nitrogen and oxygen atoms in total. The van der Waals surface area contributed by atoms with Crippen molar-refractivity contribution in [3.05, 3.63) is 38.9 Å². The Morgan fingerprint density at radius 2 is 2.00 bits per heavy atom. The molecule has 0 unspecified atom stereocenters. The smallest absolute Gasteiger partial charge is 0.323 e. The number of halogens is 5. The summed E-state index contributed by atoms with van der Waals surface area (Å²) < 4.78 is 36.4. The number of rotatable bonds is 3. The Labute approximate surface area is 111 Å². The van der Waals surface area contributed by atoms with Crippen LogP contribution in [0.1, 0.15) is 18.0 Å². The van der Waals surface area contributed by atoms with Crippen molar-refractivity contribution in [1.29, 1.82) is 0 Å². The Bertz CT molecular complexity index is 440. The van der Waals surface area contributed by atoms with Gasteiger partial charge in [-0.3, -0.25) is 10.1 Å². The van der Waals surface area contributed by atoms with E-state index < -0.39 is 29.2 Å². The molecule has 0 bridgehead atoms. The Hall–Kier alpha value is -1.05. The monoisotopic (exact) mass is 304 g/mol. The SMILES string of the molecule is Cl.N[C@H](CC(F)(F)F)c1cc(Cl)ccc1[N+](=O)[O-]. The molecule has 0 spiro atoms. The second-order valence-electron chi connectivity index (χ2n) is 3.39. The van der Waals surface area contributed by atoms with Gasteiger partial charge in [0.05, 0.1) is 11.3 Å². The number of nitro benzene ring substituents is 1. The lowest BCUT2D eigenvalue weighted by molar-refractivity contribution is -0.385. The lowest BCUT2D eigenvalue weighted by atomic mass is 10.0. The molecule has 0 aliphatic rings. The van der Waals surface area contributed by atoms with E-state index in [1.165, 1.54) is 6.07 Å². The van der Waals surface area contributed by atoms with E-state index in [0.29, 0.717) is 0 Å². The van der Waals surface area contributed by atoms with Gasteiger partial charge >= 0.3 is 6.18 Å². The Morgan fingerprint density at radius 1 is 1.44 bits per heavy atom. The maximum Gasteiger partial charge on any atom is 0.390 e. The summed E-state index contributed by atoms with van der Waals surface area (Å²) in [5.41, 5.74) is 4.62. The quantitative estimate of drug-likeness (QED) is 0.685. The van der Waals surface area contributed by atoms with Gasteiger partial charge in [-0.1, -0.05) is 11.6 Å². The van der Waals surface area contributed by atoms with Gasteiger partial charge in [0.25, 0.3) is 5.69 Å². The third-order valence-corrected chi connectivity index (χ3v) is 2.27. The molecule has 0 saturated carbocycles. The van der Waals surface area contributed by atoms with E-state index in [1.54, 1.807) is 0 Å². The van der Waals surface area contributed by atoms with Gasteiger partial charge in [-0.2, -0.15) is 13.2 Å². The van der Waals surface area contributed by atoms with Crippen LogP contribution < -0.4 is 5.73 Å². The van der Waals surface area contributed by atoms with Crippen molar-refractivity contribution < 1.29 is 18.1 Å². The van der Waals surface area contributed by atoms with Crippen molar-refractivity contribution in [2.24, 2.45) is 5.73 Å². The average molecular weight is 305 g/mol. The summed E-state index contributed by atoms with van der Waals surface area (Å²) in [6.45, 7) is 0. The molecular weight excluding hydrogens is 296 g/mol. The summed E-state index contributed by atoms with van der Waals surface area (Å²) >= 11 is 5.58. The molecule has 102 valence electrons. The molecule has 18 heavy (non-hydrogen) atoms. The lowest BCUT2D eigenvalue weighted by Crippen LogP contribution is -2.21. The fourth-order valence-corrected chi connectivity index (χ4v) is 1.53. The van der Waals surface area contributed by atoms with E-state index in [4.69, 9.17) is 17.3 Å². The Morgan fingerprint density at radius 3 is 2.44 bits per heavy atom. The van der Waals surface area contributed by atoms with E-state index in [0.717, 1.165) is 12.1 Å². The maximum atomic E-state index is 12.1. The molecule has 0 aliphatic carbocycles. The van der Waals surface area contributed by atoms with Crippen LogP contribution in [0.25, 0.3) is 0 Å². The van der Waals surface area contributed by atoms with Gasteiger partial charge in [-0.15, -0.1) is 12.4 Å². The first-order valence-electron chi connectivity index (χ1n) is 4.47. The minimum atomic E-state index is -4.49. The number of alkyl halides is 3. The lowest BCUT2D eigenvalue weighted by Gasteiger charge is -2.14. The molecule has 0 saturated heterocycles. The van der Waals surface area contributed by atoms with Gasteiger partial charge < -0.3 is 5.73 Å². The maximum absolute atomic E-state index is 12.1. The molecule has 0 fully saturated rings. The molecule has 1 aromatic rings. The van der Waals surface area contributed by atoms with Crippen molar-refractivity contribution in [2.75, 3.05) is 0 Å². The molecule has 0 heterocycles. The fraction of sp³-hybridized carbons (Fsp3) is 0.333. The first-order valence-corrected chi connectivity index (χ1v) is 4.84. The van der Waals surface area contributed by atoms with Crippen LogP contribution in [-0.2, 0) is 0 Å². The Balaban J connectivity index is 0.00000289. The van der Waals surface area contributed by atoms with E-state index in [1.807, 2.05) is 0 Å². The molecular formula is C9H9Cl2F3N2O2. The first-order chi connectivity index (χ1) is 7.70. The molecule has 1 rings (SSSR count). The summed E-state index contributed by atoms with van der Waals surface area (Å²) in [6.07, 6.45) is -5.83. The van der Waals surface area contributed by atoms with Crippen molar-refractivity contribution in [3.8, 4) is 0 Å². The normalized spacial score (nSPS) is 12.7.